The van der Waals surface area contributed by atoms with E-state index in [4.69, 9.17) is 4.74 Å². The second kappa shape index (κ2) is 6.60. The zero-order chi connectivity index (χ0) is 14.6. The molecule has 20 heavy (non-hydrogen) atoms. The highest BCUT2D eigenvalue weighted by Gasteiger charge is 2.33. The van der Waals surface area contributed by atoms with Gasteiger partial charge < -0.3 is 4.74 Å². The number of halogens is 1. The van der Waals surface area contributed by atoms with Crippen LogP contribution in [0.5, 0.6) is 0 Å². The van der Waals surface area contributed by atoms with Crippen LogP contribution in [0.1, 0.15) is 26.2 Å². The number of piperidine rings is 1. The standard InChI is InChI=1S/C13H19FN2O3S/c1-2-9-19-11-5-4-8-16(10-11)20(17,18)13-12(14)6-3-7-15-13/h3,6-7,11H,2,4-5,8-10H2,1H3. The van der Waals surface area contributed by atoms with Gasteiger partial charge in [0, 0.05) is 25.9 Å². The molecule has 0 bridgehead atoms. The quantitative estimate of drug-likeness (QED) is 0.832. The smallest absolute Gasteiger partial charge is 0.263 e. The summed E-state index contributed by atoms with van der Waals surface area (Å²) in [6.45, 7) is 3.25. The molecule has 1 aromatic rings. The van der Waals surface area contributed by atoms with Crippen molar-refractivity contribution < 1.29 is 17.5 Å². The number of rotatable bonds is 5. The molecule has 0 spiro atoms. The first-order chi connectivity index (χ1) is 9.55. The van der Waals surface area contributed by atoms with Crippen molar-refractivity contribution in [2.24, 2.45) is 0 Å². The second-order valence-corrected chi connectivity index (χ2v) is 6.64. The van der Waals surface area contributed by atoms with Gasteiger partial charge in [0.05, 0.1) is 6.10 Å². The lowest BCUT2D eigenvalue weighted by Crippen LogP contribution is -2.43. The summed E-state index contributed by atoms with van der Waals surface area (Å²) in [5.74, 6) is -0.816. The average Bonchev–Trinajstić information content (AvgIpc) is 2.45. The van der Waals surface area contributed by atoms with Crippen molar-refractivity contribution in [3.8, 4) is 0 Å². The van der Waals surface area contributed by atoms with Gasteiger partial charge in [0.15, 0.2) is 5.82 Å². The number of pyridine rings is 1. The Morgan fingerprint density at radius 1 is 1.55 bits per heavy atom. The van der Waals surface area contributed by atoms with E-state index in [1.54, 1.807) is 0 Å². The lowest BCUT2D eigenvalue weighted by molar-refractivity contribution is 0.0192. The van der Waals surface area contributed by atoms with Gasteiger partial charge in [0.25, 0.3) is 10.0 Å². The van der Waals surface area contributed by atoms with Crippen molar-refractivity contribution in [1.29, 1.82) is 0 Å². The summed E-state index contributed by atoms with van der Waals surface area (Å²) in [5, 5.41) is -0.504. The largest absolute Gasteiger partial charge is 0.377 e. The number of hydrogen-bond donors (Lipinski definition) is 0. The fraction of sp³-hybridized carbons (Fsp3) is 0.615. The van der Waals surface area contributed by atoms with E-state index in [9.17, 15) is 12.8 Å². The monoisotopic (exact) mass is 302 g/mol. The van der Waals surface area contributed by atoms with Crippen LogP contribution >= 0.6 is 0 Å². The Labute approximate surface area is 118 Å². The molecule has 2 heterocycles. The molecule has 0 amide bonds. The Bertz CT molecular complexity index is 550. The molecular formula is C13H19FN2O3S. The zero-order valence-corrected chi connectivity index (χ0v) is 12.3. The van der Waals surface area contributed by atoms with Crippen LogP contribution in [0.2, 0.25) is 0 Å². The van der Waals surface area contributed by atoms with Crippen LogP contribution in [0.3, 0.4) is 0 Å². The number of nitrogens with zero attached hydrogens (tertiary/aromatic N) is 2. The second-order valence-electron chi connectivity index (χ2n) is 4.79. The maximum absolute atomic E-state index is 13.6. The van der Waals surface area contributed by atoms with E-state index in [0.717, 1.165) is 18.9 Å². The summed E-state index contributed by atoms with van der Waals surface area (Å²) in [7, 11) is -3.88. The third-order valence-electron chi connectivity index (χ3n) is 3.21. The van der Waals surface area contributed by atoms with Gasteiger partial charge >= 0.3 is 0 Å². The predicted octanol–water partition coefficient (Wildman–Crippen LogP) is 1.80. The van der Waals surface area contributed by atoms with Crippen molar-refractivity contribution >= 4 is 10.0 Å². The molecule has 1 fully saturated rings. The number of aromatic nitrogens is 1. The number of sulfonamides is 1. The van der Waals surface area contributed by atoms with E-state index >= 15 is 0 Å². The molecule has 5 nitrogen and oxygen atoms in total. The fourth-order valence-electron chi connectivity index (χ4n) is 2.23. The summed E-state index contributed by atoms with van der Waals surface area (Å²) in [6, 6.07) is 2.48. The molecule has 0 aromatic carbocycles. The van der Waals surface area contributed by atoms with Gasteiger partial charge in [-0.1, -0.05) is 6.92 Å². The first-order valence-electron chi connectivity index (χ1n) is 6.78. The van der Waals surface area contributed by atoms with Crippen LogP contribution in [0.4, 0.5) is 4.39 Å². The van der Waals surface area contributed by atoms with Gasteiger partial charge in [-0.3, -0.25) is 0 Å². The lowest BCUT2D eigenvalue weighted by Gasteiger charge is -2.31. The van der Waals surface area contributed by atoms with Crippen molar-refractivity contribution in [2.75, 3.05) is 19.7 Å². The van der Waals surface area contributed by atoms with Crippen LogP contribution in [0.25, 0.3) is 0 Å². The average molecular weight is 302 g/mol. The Balaban J connectivity index is 2.15. The van der Waals surface area contributed by atoms with E-state index in [1.807, 2.05) is 6.92 Å². The molecule has 1 aliphatic heterocycles. The lowest BCUT2D eigenvalue weighted by atomic mass is 10.1. The highest BCUT2D eigenvalue weighted by Crippen LogP contribution is 2.22. The molecule has 0 radical (unpaired) electrons. The van der Waals surface area contributed by atoms with Crippen molar-refractivity contribution in [3.05, 3.63) is 24.1 Å². The normalized spacial score (nSPS) is 21.0. The SMILES string of the molecule is CCCOC1CCCN(S(=O)(=O)c2ncccc2F)C1. The molecule has 1 atom stereocenters. The molecule has 0 saturated carbocycles. The minimum atomic E-state index is -3.88. The first-order valence-corrected chi connectivity index (χ1v) is 8.22. The van der Waals surface area contributed by atoms with Crippen molar-refractivity contribution in [3.63, 3.8) is 0 Å². The molecular weight excluding hydrogens is 283 g/mol. The molecule has 1 saturated heterocycles. The highest BCUT2D eigenvalue weighted by molar-refractivity contribution is 7.89. The zero-order valence-electron chi connectivity index (χ0n) is 11.5. The summed E-state index contributed by atoms with van der Waals surface area (Å²) in [4.78, 5) is 3.67. The molecule has 1 aromatic heterocycles. The third-order valence-corrected chi connectivity index (χ3v) is 5.01. The van der Waals surface area contributed by atoms with Gasteiger partial charge in [0.2, 0.25) is 5.03 Å². The number of ether oxygens (including phenoxy) is 1. The molecule has 0 N–H and O–H groups in total. The van der Waals surface area contributed by atoms with Crippen LogP contribution in [0.15, 0.2) is 23.4 Å². The molecule has 112 valence electrons. The van der Waals surface area contributed by atoms with Gasteiger partial charge in [-0.2, -0.15) is 4.31 Å². The highest BCUT2D eigenvalue weighted by atomic mass is 32.2. The topological polar surface area (TPSA) is 59.5 Å². The molecule has 1 unspecified atom stereocenters. The van der Waals surface area contributed by atoms with Crippen molar-refractivity contribution in [2.45, 2.75) is 37.3 Å². The summed E-state index contributed by atoms with van der Waals surface area (Å²) >= 11 is 0. The van der Waals surface area contributed by atoms with Crippen LogP contribution in [-0.4, -0.2) is 43.5 Å². The van der Waals surface area contributed by atoms with Gasteiger partial charge in [-0.25, -0.2) is 17.8 Å². The van der Waals surface area contributed by atoms with E-state index in [1.165, 1.54) is 16.6 Å². The fourth-order valence-corrected chi connectivity index (χ4v) is 3.71. The molecule has 0 aliphatic carbocycles. The Morgan fingerprint density at radius 2 is 2.35 bits per heavy atom. The summed E-state index contributed by atoms with van der Waals surface area (Å²) in [5.41, 5.74) is 0. The van der Waals surface area contributed by atoms with Gasteiger partial charge in [-0.05, 0) is 31.4 Å². The Kier molecular flexibility index (Phi) is 5.06. The summed E-state index contributed by atoms with van der Waals surface area (Å²) in [6.07, 6.45) is 3.59. The number of hydrogen-bond acceptors (Lipinski definition) is 4. The van der Waals surface area contributed by atoms with E-state index in [-0.39, 0.29) is 12.6 Å². The predicted molar refractivity (Wildman–Crippen MR) is 72.2 cm³/mol. The van der Waals surface area contributed by atoms with Crippen LogP contribution in [-0.2, 0) is 14.8 Å². The van der Waals surface area contributed by atoms with Crippen LogP contribution < -0.4 is 0 Å². The van der Waals surface area contributed by atoms with Crippen molar-refractivity contribution in [1.82, 2.24) is 9.29 Å². The third kappa shape index (κ3) is 3.34. The minimum absolute atomic E-state index is 0.120. The molecule has 2 rings (SSSR count). The maximum Gasteiger partial charge on any atom is 0.263 e. The summed E-state index contributed by atoms with van der Waals surface area (Å²) < 4.78 is 45.3. The van der Waals surface area contributed by atoms with Crippen LogP contribution in [0, 0.1) is 5.82 Å². The minimum Gasteiger partial charge on any atom is -0.377 e. The molecule has 1 aliphatic rings. The first kappa shape index (κ1) is 15.3. The Morgan fingerprint density at radius 3 is 3.05 bits per heavy atom. The van der Waals surface area contributed by atoms with E-state index in [0.29, 0.717) is 19.6 Å². The van der Waals surface area contributed by atoms with E-state index in [2.05, 4.69) is 4.98 Å². The van der Waals surface area contributed by atoms with E-state index < -0.39 is 20.9 Å². The maximum atomic E-state index is 13.6. The van der Waals surface area contributed by atoms with Gasteiger partial charge in [-0.15, -0.1) is 0 Å². The Hall–Kier alpha value is -1.05. The molecule has 7 heteroatoms. The van der Waals surface area contributed by atoms with Gasteiger partial charge in [0.1, 0.15) is 0 Å².